The molecule has 0 bridgehead atoms. The van der Waals surface area contributed by atoms with Gasteiger partial charge >= 0.3 is 0 Å². The molecule has 0 N–H and O–H groups in total. The van der Waals surface area contributed by atoms with E-state index in [9.17, 15) is 9.18 Å². The summed E-state index contributed by atoms with van der Waals surface area (Å²) in [7, 11) is 1.66. The van der Waals surface area contributed by atoms with Gasteiger partial charge in [0, 0.05) is 24.5 Å². The largest absolute Gasteiger partial charge is 0.342 e. The molecule has 0 aliphatic heterocycles. The maximum Gasteiger partial charge on any atom is 0.256 e. The van der Waals surface area contributed by atoms with Gasteiger partial charge in [0.2, 0.25) is 0 Å². The Morgan fingerprint density at radius 2 is 2.06 bits per heavy atom. The molecule has 0 saturated heterocycles. The van der Waals surface area contributed by atoms with E-state index < -0.39 is 5.82 Å². The SMILES string of the molecule is CN(CCCCCCl)C(=O)c1cc(Cl)ccc1F. The minimum Gasteiger partial charge on any atom is -0.342 e. The molecule has 0 radical (unpaired) electrons. The maximum atomic E-state index is 13.5. The van der Waals surface area contributed by atoms with Crippen LogP contribution in [0.15, 0.2) is 18.2 Å². The molecule has 18 heavy (non-hydrogen) atoms. The predicted molar refractivity (Wildman–Crippen MR) is 72.9 cm³/mol. The highest BCUT2D eigenvalue weighted by Gasteiger charge is 2.16. The second-order valence-electron chi connectivity index (χ2n) is 4.10. The molecule has 0 atom stereocenters. The molecule has 100 valence electrons. The van der Waals surface area contributed by atoms with E-state index in [1.54, 1.807) is 7.05 Å². The predicted octanol–water partition coefficient (Wildman–Crippen LogP) is 3.96. The molecular weight excluding hydrogens is 276 g/mol. The quantitative estimate of drug-likeness (QED) is 0.574. The maximum absolute atomic E-state index is 13.5. The van der Waals surface area contributed by atoms with Crippen LogP contribution in [-0.4, -0.2) is 30.3 Å². The lowest BCUT2D eigenvalue weighted by molar-refractivity contribution is 0.0788. The van der Waals surface area contributed by atoms with Crippen LogP contribution in [0.25, 0.3) is 0 Å². The first-order valence-electron chi connectivity index (χ1n) is 5.82. The van der Waals surface area contributed by atoms with Crippen molar-refractivity contribution in [3.63, 3.8) is 0 Å². The van der Waals surface area contributed by atoms with Crippen molar-refractivity contribution in [2.45, 2.75) is 19.3 Å². The zero-order chi connectivity index (χ0) is 13.5. The third-order valence-electron chi connectivity index (χ3n) is 2.63. The van der Waals surface area contributed by atoms with Crippen LogP contribution in [0.4, 0.5) is 4.39 Å². The van der Waals surface area contributed by atoms with E-state index in [0.29, 0.717) is 17.4 Å². The summed E-state index contributed by atoms with van der Waals surface area (Å²) in [4.78, 5) is 13.5. The van der Waals surface area contributed by atoms with Crippen LogP contribution in [0.5, 0.6) is 0 Å². The summed E-state index contributed by atoms with van der Waals surface area (Å²) < 4.78 is 13.5. The average molecular weight is 292 g/mol. The molecule has 0 spiro atoms. The summed E-state index contributed by atoms with van der Waals surface area (Å²) in [5.74, 6) is -0.265. The number of halogens is 3. The summed E-state index contributed by atoms with van der Waals surface area (Å²) in [6, 6.07) is 3.99. The van der Waals surface area contributed by atoms with Crippen molar-refractivity contribution >= 4 is 29.1 Å². The molecule has 0 aliphatic rings. The lowest BCUT2D eigenvalue weighted by atomic mass is 10.1. The molecule has 1 rings (SSSR count). The van der Waals surface area contributed by atoms with Crippen LogP contribution in [0.1, 0.15) is 29.6 Å². The number of rotatable bonds is 6. The van der Waals surface area contributed by atoms with Crippen molar-refractivity contribution in [1.82, 2.24) is 4.90 Å². The van der Waals surface area contributed by atoms with E-state index >= 15 is 0 Å². The summed E-state index contributed by atoms with van der Waals surface area (Å²) in [5, 5.41) is 0.357. The Morgan fingerprint density at radius 1 is 1.33 bits per heavy atom. The molecule has 1 aromatic carbocycles. The zero-order valence-electron chi connectivity index (χ0n) is 10.3. The third kappa shape index (κ3) is 4.46. The Kier molecular flexibility index (Phi) is 6.44. The van der Waals surface area contributed by atoms with Gasteiger partial charge in [-0.3, -0.25) is 4.79 Å². The van der Waals surface area contributed by atoms with Gasteiger partial charge in [-0.05, 0) is 31.0 Å². The van der Waals surface area contributed by atoms with Crippen molar-refractivity contribution in [2.75, 3.05) is 19.5 Å². The van der Waals surface area contributed by atoms with Gasteiger partial charge in [-0.2, -0.15) is 0 Å². The lowest BCUT2D eigenvalue weighted by Gasteiger charge is -2.17. The highest BCUT2D eigenvalue weighted by atomic mass is 35.5. The summed E-state index contributed by atoms with van der Waals surface area (Å²) in [5.41, 5.74) is 0.0161. The number of carbonyl (C=O) groups is 1. The van der Waals surface area contributed by atoms with Crippen LogP contribution in [0.2, 0.25) is 5.02 Å². The van der Waals surface area contributed by atoms with E-state index in [2.05, 4.69) is 0 Å². The fourth-order valence-electron chi connectivity index (χ4n) is 1.59. The Morgan fingerprint density at radius 3 is 2.72 bits per heavy atom. The van der Waals surface area contributed by atoms with E-state index in [4.69, 9.17) is 23.2 Å². The van der Waals surface area contributed by atoms with Gasteiger partial charge in [-0.15, -0.1) is 11.6 Å². The second-order valence-corrected chi connectivity index (χ2v) is 4.91. The average Bonchev–Trinajstić information content (AvgIpc) is 2.36. The number of hydrogen-bond donors (Lipinski definition) is 0. The number of benzene rings is 1. The molecule has 2 nitrogen and oxygen atoms in total. The number of carbonyl (C=O) groups excluding carboxylic acids is 1. The van der Waals surface area contributed by atoms with Gasteiger partial charge in [0.25, 0.3) is 5.91 Å². The lowest BCUT2D eigenvalue weighted by Crippen LogP contribution is -2.28. The number of amides is 1. The minimum absolute atomic E-state index is 0.0161. The fourth-order valence-corrected chi connectivity index (χ4v) is 1.95. The minimum atomic E-state index is -0.544. The smallest absolute Gasteiger partial charge is 0.256 e. The standard InChI is InChI=1S/C13H16Cl2FNO/c1-17(8-4-2-3-7-14)13(18)11-9-10(15)5-6-12(11)16/h5-6,9H,2-4,7-8H2,1H3. The van der Waals surface area contributed by atoms with E-state index in [1.165, 1.54) is 23.1 Å². The topological polar surface area (TPSA) is 20.3 Å². The zero-order valence-corrected chi connectivity index (χ0v) is 11.8. The molecule has 1 amide bonds. The number of hydrogen-bond acceptors (Lipinski definition) is 1. The molecule has 0 fully saturated rings. The van der Waals surface area contributed by atoms with E-state index in [1.807, 2.05) is 0 Å². The van der Waals surface area contributed by atoms with Crippen LogP contribution in [0, 0.1) is 5.82 Å². The van der Waals surface area contributed by atoms with Crippen molar-refractivity contribution in [1.29, 1.82) is 0 Å². The summed E-state index contributed by atoms with van der Waals surface area (Å²) in [6.07, 6.45) is 2.74. The Hall–Kier alpha value is -0.800. The Bertz CT molecular complexity index is 412. The van der Waals surface area contributed by atoms with Gasteiger partial charge in [0.05, 0.1) is 5.56 Å². The first kappa shape index (κ1) is 15.3. The monoisotopic (exact) mass is 291 g/mol. The molecule has 0 unspecified atom stereocenters. The first-order valence-corrected chi connectivity index (χ1v) is 6.74. The van der Waals surface area contributed by atoms with Crippen molar-refractivity contribution < 1.29 is 9.18 Å². The number of alkyl halides is 1. The first-order chi connectivity index (χ1) is 8.56. The molecule has 0 aromatic heterocycles. The van der Waals surface area contributed by atoms with Gasteiger partial charge in [-0.25, -0.2) is 4.39 Å². The van der Waals surface area contributed by atoms with Crippen LogP contribution < -0.4 is 0 Å². The van der Waals surface area contributed by atoms with Crippen molar-refractivity contribution in [2.24, 2.45) is 0 Å². The summed E-state index contributed by atoms with van der Waals surface area (Å²) in [6.45, 7) is 0.585. The summed E-state index contributed by atoms with van der Waals surface area (Å²) >= 11 is 11.3. The third-order valence-corrected chi connectivity index (χ3v) is 3.14. The van der Waals surface area contributed by atoms with Crippen molar-refractivity contribution in [3.8, 4) is 0 Å². The molecule has 0 saturated carbocycles. The van der Waals surface area contributed by atoms with Crippen LogP contribution >= 0.6 is 23.2 Å². The molecular formula is C13H16Cl2FNO. The molecule has 1 aromatic rings. The van der Waals surface area contributed by atoms with E-state index in [0.717, 1.165) is 19.3 Å². The number of unbranched alkanes of at least 4 members (excludes halogenated alkanes) is 2. The van der Waals surface area contributed by atoms with Crippen LogP contribution in [0.3, 0.4) is 0 Å². The normalized spacial score (nSPS) is 10.4. The van der Waals surface area contributed by atoms with E-state index in [-0.39, 0.29) is 11.5 Å². The van der Waals surface area contributed by atoms with Gasteiger partial charge in [0.1, 0.15) is 5.82 Å². The molecule has 0 heterocycles. The van der Waals surface area contributed by atoms with Crippen LogP contribution in [-0.2, 0) is 0 Å². The fraction of sp³-hybridized carbons (Fsp3) is 0.462. The molecule has 0 aliphatic carbocycles. The van der Waals surface area contributed by atoms with Gasteiger partial charge in [0.15, 0.2) is 0 Å². The Labute approximate surface area is 117 Å². The number of nitrogens with zero attached hydrogens (tertiary/aromatic N) is 1. The molecule has 5 heteroatoms. The van der Waals surface area contributed by atoms with Gasteiger partial charge in [-0.1, -0.05) is 18.0 Å². The second kappa shape index (κ2) is 7.59. The highest BCUT2D eigenvalue weighted by molar-refractivity contribution is 6.31. The Balaban J connectivity index is 2.60. The highest BCUT2D eigenvalue weighted by Crippen LogP contribution is 2.16. The van der Waals surface area contributed by atoms with Crippen molar-refractivity contribution in [3.05, 3.63) is 34.6 Å². The van der Waals surface area contributed by atoms with Gasteiger partial charge < -0.3 is 4.90 Å².